The Labute approximate surface area is 118 Å². The van der Waals surface area contributed by atoms with E-state index in [1.165, 1.54) is 0 Å². The van der Waals surface area contributed by atoms with Gasteiger partial charge in [-0.1, -0.05) is 19.4 Å². The molecule has 1 rings (SSSR count). The Morgan fingerprint density at radius 3 is 2.65 bits per heavy atom. The third-order valence-corrected chi connectivity index (χ3v) is 2.81. The van der Waals surface area contributed by atoms with Gasteiger partial charge in [-0.2, -0.15) is 0 Å². The molecular weight excluding hydrogens is 258 g/mol. The molecule has 110 valence electrons. The van der Waals surface area contributed by atoms with E-state index in [2.05, 4.69) is 12.2 Å². The highest BCUT2D eigenvalue weighted by molar-refractivity contribution is 5.94. The number of rotatable bonds is 7. The Balaban J connectivity index is 2.90. The fourth-order valence-electron chi connectivity index (χ4n) is 1.85. The molecule has 6 nitrogen and oxygen atoms in total. The van der Waals surface area contributed by atoms with Crippen LogP contribution in [-0.4, -0.2) is 36.4 Å². The maximum Gasteiger partial charge on any atom is 0.293 e. The van der Waals surface area contributed by atoms with Crippen molar-refractivity contribution in [2.75, 3.05) is 26.0 Å². The lowest BCUT2D eigenvalue weighted by Crippen LogP contribution is -2.27. The Morgan fingerprint density at radius 1 is 1.40 bits per heavy atom. The normalized spacial score (nSPS) is 10.6. The van der Waals surface area contributed by atoms with Crippen LogP contribution in [0.3, 0.4) is 0 Å². The number of benzene rings is 1. The number of likely N-dealkylation sites (N-methyl/N-ethyl adjacent to an activating group) is 1. The summed E-state index contributed by atoms with van der Waals surface area (Å²) in [5.41, 5.74) is 1.12. The molecule has 20 heavy (non-hydrogen) atoms. The fourth-order valence-corrected chi connectivity index (χ4v) is 1.85. The summed E-state index contributed by atoms with van der Waals surface area (Å²) in [6, 6.07) is 4.98. The van der Waals surface area contributed by atoms with Crippen molar-refractivity contribution in [3.8, 4) is 0 Å². The highest BCUT2D eigenvalue weighted by Gasteiger charge is 2.16. The lowest BCUT2D eigenvalue weighted by atomic mass is 10.1. The van der Waals surface area contributed by atoms with Crippen molar-refractivity contribution in [1.82, 2.24) is 4.90 Å². The average Bonchev–Trinajstić information content (AvgIpc) is 2.36. The van der Waals surface area contributed by atoms with Crippen LogP contribution in [-0.2, 0) is 11.2 Å². The zero-order chi connectivity index (χ0) is 15.1. The maximum absolute atomic E-state index is 11.7. The van der Waals surface area contributed by atoms with Crippen LogP contribution >= 0.6 is 0 Å². The second kappa shape index (κ2) is 7.59. The number of carbonyl (C=O) groups is 1. The molecule has 0 aromatic heterocycles. The van der Waals surface area contributed by atoms with Crippen LogP contribution in [0, 0.1) is 10.1 Å². The highest BCUT2D eigenvalue weighted by atomic mass is 16.6. The summed E-state index contributed by atoms with van der Waals surface area (Å²) in [4.78, 5) is 24.0. The molecule has 1 amide bonds. The van der Waals surface area contributed by atoms with Gasteiger partial charge in [0.25, 0.3) is 5.69 Å². The molecule has 1 aromatic rings. The molecule has 0 bridgehead atoms. The zero-order valence-corrected chi connectivity index (χ0v) is 12.2. The lowest BCUT2D eigenvalue weighted by Gasteiger charge is -2.11. The number of hydrogen-bond acceptors (Lipinski definition) is 4. The van der Waals surface area contributed by atoms with E-state index in [0.29, 0.717) is 0 Å². The molecule has 0 aliphatic carbocycles. The van der Waals surface area contributed by atoms with Gasteiger partial charge in [-0.3, -0.25) is 14.9 Å². The summed E-state index contributed by atoms with van der Waals surface area (Å²) in [6.45, 7) is 2.26. The van der Waals surface area contributed by atoms with Crippen molar-refractivity contribution in [3.05, 3.63) is 33.9 Å². The molecule has 0 heterocycles. The summed E-state index contributed by atoms with van der Waals surface area (Å²) >= 11 is 0. The highest BCUT2D eigenvalue weighted by Crippen LogP contribution is 2.26. The number of hydrogen-bond donors (Lipinski definition) is 1. The lowest BCUT2D eigenvalue weighted by molar-refractivity contribution is -0.384. The summed E-state index contributed by atoms with van der Waals surface area (Å²) < 4.78 is 0. The number of nitro groups is 1. The van der Waals surface area contributed by atoms with Gasteiger partial charge in [-0.15, -0.1) is 0 Å². The largest absolute Gasteiger partial charge is 0.319 e. The van der Waals surface area contributed by atoms with Gasteiger partial charge in [-0.25, -0.2) is 0 Å². The van der Waals surface area contributed by atoms with Gasteiger partial charge in [0.05, 0.1) is 11.5 Å². The zero-order valence-electron chi connectivity index (χ0n) is 12.2. The van der Waals surface area contributed by atoms with Gasteiger partial charge in [-0.05, 0) is 38.6 Å². The molecule has 0 spiro atoms. The fraction of sp³-hybridized carbons (Fsp3) is 0.500. The third kappa shape index (κ3) is 4.97. The van der Waals surface area contributed by atoms with E-state index in [4.69, 9.17) is 0 Å². The number of nitrogens with zero attached hydrogens (tertiary/aromatic N) is 2. The van der Waals surface area contributed by atoms with Crippen LogP contribution < -0.4 is 5.32 Å². The van der Waals surface area contributed by atoms with E-state index < -0.39 is 4.92 Å². The van der Waals surface area contributed by atoms with Crippen molar-refractivity contribution < 1.29 is 9.72 Å². The smallest absolute Gasteiger partial charge is 0.293 e. The van der Waals surface area contributed by atoms with E-state index in [1.807, 2.05) is 6.07 Å². The van der Waals surface area contributed by atoms with Crippen molar-refractivity contribution in [3.63, 3.8) is 0 Å². The van der Waals surface area contributed by atoms with Crippen LogP contribution in [0.15, 0.2) is 18.2 Å². The van der Waals surface area contributed by atoms with Crippen molar-refractivity contribution >= 4 is 17.3 Å². The first-order valence-electron chi connectivity index (χ1n) is 6.66. The first-order valence-corrected chi connectivity index (χ1v) is 6.66. The number of carbonyl (C=O) groups excluding carboxylic acids is 1. The van der Waals surface area contributed by atoms with Crippen LogP contribution in [0.25, 0.3) is 0 Å². The van der Waals surface area contributed by atoms with Gasteiger partial charge >= 0.3 is 0 Å². The van der Waals surface area contributed by atoms with Crippen molar-refractivity contribution in [2.45, 2.75) is 26.2 Å². The Bertz CT molecular complexity index is 487. The predicted octanol–water partition coefficient (Wildman–Crippen LogP) is 2.44. The van der Waals surface area contributed by atoms with Crippen molar-refractivity contribution in [1.29, 1.82) is 0 Å². The molecule has 0 unspecified atom stereocenters. The van der Waals surface area contributed by atoms with Crippen LogP contribution in [0.5, 0.6) is 0 Å². The Kier molecular flexibility index (Phi) is 6.11. The van der Waals surface area contributed by atoms with E-state index in [-0.39, 0.29) is 23.8 Å². The molecule has 1 N–H and O–H groups in total. The minimum absolute atomic E-state index is 0.0503. The summed E-state index contributed by atoms with van der Waals surface area (Å²) in [5.74, 6) is -0.264. The van der Waals surface area contributed by atoms with Crippen LogP contribution in [0.4, 0.5) is 11.4 Å². The van der Waals surface area contributed by atoms with E-state index in [9.17, 15) is 14.9 Å². The molecular formula is C14H21N3O3. The van der Waals surface area contributed by atoms with Crippen molar-refractivity contribution in [2.24, 2.45) is 0 Å². The summed E-state index contributed by atoms with van der Waals surface area (Å²) in [7, 11) is 3.53. The molecule has 0 saturated heterocycles. The number of nitrogens with one attached hydrogen (secondary N) is 1. The molecule has 6 heteroatoms. The first kappa shape index (κ1) is 16.1. The first-order chi connectivity index (χ1) is 9.43. The minimum Gasteiger partial charge on any atom is -0.319 e. The molecule has 0 aliphatic heterocycles. The Morgan fingerprint density at radius 2 is 2.10 bits per heavy atom. The number of unbranched alkanes of at least 4 members (excludes halogenated alkanes) is 1. The van der Waals surface area contributed by atoms with Gasteiger partial charge in [0.2, 0.25) is 5.91 Å². The second-order valence-electron chi connectivity index (χ2n) is 5.00. The standard InChI is InChI=1S/C14H21N3O3/c1-4-5-6-11-7-8-12(13(9-11)17(19)20)15-14(18)10-16(2)3/h7-9H,4-6,10H2,1-3H3,(H,15,18). The topological polar surface area (TPSA) is 75.5 Å². The van der Waals surface area contributed by atoms with E-state index in [1.54, 1.807) is 31.1 Å². The van der Waals surface area contributed by atoms with E-state index >= 15 is 0 Å². The minimum atomic E-state index is -0.458. The quantitative estimate of drug-likeness (QED) is 0.614. The molecule has 0 fully saturated rings. The van der Waals surface area contributed by atoms with Gasteiger partial charge < -0.3 is 10.2 Å². The van der Waals surface area contributed by atoms with Crippen LogP contribution in [0.1, 0.15) is 25.3 Å². The maximum atomic E-state index is 11.7. The number of nitro benzene ring substituents is 1. The van der Waals surface area contributed by atoms with Crippen LogP contribution in [0.2, 0.25) is 0 Å². The second-order valence-corrected chi connectivity index (χ2v) is 5.00. The molecule has 0 atom stereocenters. The van der Waals surface area contributed by atoms with Gasteiger partial charge in [0.15, 0.2) is 0 Å². The molecule has 0 saturated carbocycles. The number of amides is 1. The predicted molar refractivity (Wildman–Crippen MR) is 78.9 cm³/mol. The van der Waals surface area contributed by atoms with Gasteiger partial charge in [0.1, 0.15) is 5.69 Å². The third-order valence-electron chi connectivity index (χ3n) is 2.81. The Hall–Kier alpha value is -1.95. The SMILES string of the molecule is CCCCc1ccc(NC(=O)CN(C)C)c([N+](=O)[O-])c1. The van der Waals surface area contributed by atoms with Gasteiger partial charge in [0, 0.05) is 6.07 Å². The monoisotopic (exact) mass is 279 g/mol. The molecule has 0 aliphatic rings. The average molecular weight is 279 g/mol. The molecule has 1 aromatic carbocycles. The molecule has 0 radical (unpaired) electrons. The summed E-state index contributed by atoms with van der Waals surface area (Å²) in [6.07, 6.45) is 2.84. The summed E-state index contributed by atoms with van der Waals surface area (Å²) in [5, 5.41) is 13.7. The number of anilines is 1. The van der Waals surface area contributed by atoms with E-state index in [0.717, 1.165) is 24.8 Å². The number of aryl methyl sites for hydroxylation is 1.